The van der Waals surface area contributed by atoms with Crippen molar-refractivity contribution < 1.29 is 0 Å². The van der Waals surface area contributed by atoms with Gasteiger partial charge in [-0.25, -0.2) is 4.68 Å². The predicted octanol–water partition coefficient (Wildman–Crippen LogP) is 2.81. The quantitative estimate of drug-likeness (QED) is 0.920. The van der Waals surface area contributed by atoms with Crippen molar-refractivity contribution in [3.05, 3.63) is 35.9 Å². The van der Waals surface area contributed by atoms with Crippen molar-refractivity contribution in [3.8, 4) is 5.69 Å². The Hall–Kier alpha value is -0.970. The van der Waals surface area contributed by atoms with Gasteiger partial charge >= 0.3 is 0 Å². The Morgan fingerprint density at radius 2 is 2.12 bits per heavy atom. The largest absolute Gasteiger partial charge is 0.384 e. The van der Waals surface area contributed by atoms with E-state index in [1.165, 1.54) is 0 Å². The highest BCUT2D eigenvalue weighted by Gasteiger charge is 2.05. The fraction of sp³-hybridized carbons (Fsp3) is 0.111. The van der Waals surface area contributed by atoms with E-state index >= 15 is 0 Å². The van der Waals surface area contributed by atoms with E-state index in [4.69, 9.17) is 11.6 Å². The molecule has 7 heteroatoms. The van der Waals surface area contributed by atoms with Crippen molar-refractivity contribution in [2.75, 3.05) is 12.4 Å². The summed E-state index contributed by atoms with van der Waals surface area (Å²) >= 11 is 5.88. The minimum atomic E-state index is 0. The van der Waals surface area contributed by atoms with Crippen molar-refractivity contribution in [1.82, 2.24) is 14.8 Å². The average Bonchev–Trinajstić information content (AvgIpc) is 2.61. The molecule has 1 N–H and O–H groups in total. The summed E-state index contributed by atoms with van der Waals surface area (Å²) in [4.78, 5) is 4.00. The smallest absolute Gasteiger partial charge is 0.174 e. The maximum Gasteiger partial charge on any atom is 0.174 e. The molecule has 2 aromatic heterocycles. The summed E-state index contributed by atoms with van der Waals surface area (Å²) in [6.45, 7) is 0. The van der Waals surface area contributed by atoms with E-state index in [0.29, 0.717) is 5.15 Å². The van der Waals surface area contributed by atoms with E-state index in [0.717, 1.165) is 11.4 Å². The minimum absolute atomic E-state index is 0. The molecule has 0 bridgehead atoms. The van der Waals surface area contributed by atoms with Crippen LogP contribution in [-0.2, 0) is 0 Å². The van der Waals surface area contributed by atoms with Crippen molar-refractivity contribution in [2.45, 2.75) is 0 Å². The van der Waals surface area contributed by atoms with Crippen LogP contribution in [0.2, 0.25) is 5.15 Å². The molecular formula is C9H11Cl3N4. The molecule has 0 aliphatic carbocycles. The molecule has 0 unspecified atom stereocenters. The second-order valence-electron chi connectivity index (χ2n) is 2.74. The zero-order valence-corrected chi connectivity index (χ0v) is 10.8. The molecule has 2 rings (SSSR count). The topological polar surface area (TPSA) is 42.7 Å². The van der Waals surface area contributed by atoms with Crippen molar-refractivity contribution in [3.63, 3.8) is 0 Å². The van der Waals surface area contributed by atoms with Crippen LogP contribution in [0.3, 0.4) is 0 Å². The van der Waals surface area contributed by atoms with E-state index in [1.54, 1.807) is 24.1 Å². The lowest BCUT2D eigenvalue weighted by atomic mass is 10.4. The van der Waals surface area contributed by atoms with Crippen LogP contribution in [0.15, 0.2) is 30.7 Å². The number of nitrogens with zero attached hydrogens (tertiary/aromatic N) is 3. The third kappa shape index (κ3) is 3.01. The van der Waals surface area contributed by atoms with Gasteiger partial charge in [-0.15, -0.1) is 24.8 Å². The average molecular weight is 282 g/mol. The van der Waals surface area contributed by atoms with Crippen molar-refractivity contribution in [2.24, 2.45) is 0 Å². The second-order valence-corrected chi connectivity index (χ2v) is 3.10. The van der Waals surface area contributed by atoms with Gasteiger partial charge in [0.05, 0.1) is 23.8 Å². The Labute approximate surface area is 111 Å². The number of nitrogens with one attached hydrogen (secondary N) is 1. The van der Waals surface area contributed by atoms with Gasteiger partial charge in [-0.1, -0.05) is 11.6 Å². The Kier molecular flexibility index (Phi) is 6.18. The molecule has 0 fully saturated rings. The zero-order chi connectivity index (χ0) is 9.97. The summed E-state index contributed by atoms with van der Waals surface area (Å²) in [6.07, 6.45) is 5.26. The number of hydrogen-bond donors (Lipinski definition) is 1. The molecule has 0 saturated carbocycles. The molecule has 2 aromatic rings. The van der Waals surface area contributed by atoms with Gasteiger partial charge in [0.1, 0.15) is 0 Å². The van der Waals surface area contributed by atoms with Crippen molar-refractivity contribution >= 4 is 42.1 Å². The van der Waals surface area contributed by atoms with E-state index in [1.807, 2.05) is 18.3 Å². The molecular weight excluding hydrogens is 270 g/mol. The van der Waals surface area contributed by atoms with E-state index in [-0.39, 0.29) is 24.8 Å². The van der Waals surface area contributed by atoms with Gasteiger partial charge in [0.2, 0.25) is 0 Å². The van der Waals surface area contributed by atoms with E-state index in [9.17, 15) is 0 Å². The number of halogens is 3. The molecule has 0 spiro atoms. The molecule has 4 nitrogen and oxygen atoms in total. The Morgan fingerprint density at radius 3 is 2.62 bits per heavy atom. The first-order valence-corrected chi connectivity index (χ1v) is 4.52. The van der Waals surface area contributed by atoms with E-state index in [2.05, 4.69) is 15.4 Å². The number of rotatable bonds is 2. The fourth-order valence-electron chi connectivity index (χ4n) is 1.14. The molecule has 16 heavy (non-hydrogen) atoms. The summed E-state index contributed by atoms with van der Waals surface area (Å²) in [5, 5.41) is 7.54. The lowest BCUT2D eigenvalue weighted by molar-refractivity contribution is 0.874. The SMILES string of the molecule is CNc1cn(-c2cccnc2)nc1Cl.Cl.Cl. The number of anilines is 1. The summed E-state index contributed by atoms with van der Waals surface area (Å²) in [5.41, 5.74) is 1.69. The van der Waals surface area contributed by atoms with Crippen LogP contribution in [0, 0.1) is 0 Å². The van der Waals surface area contributed by atoms with Crippen LogP contribution < -0.4 is 5.32 Å². The van der Waals surface area contributed by atoms with Gasteiger partial charge in [0.25, 0.3) is 0 Å². The van der Waals surface area contributed by atoms with Gasteiger partial charge in [-0.3, -0.25) is 4.98 Å². The van der Waals surface area contributed by atoms with Gasteiger partial charge in [0, 0.05) is 13.2 Å². The Morgan fingerprint density at radius 1 is 1.38 bits per heavy atom. The highest BCUT2D eigenvalue weighted by molar-refractivity contribution is 6.31. The first kappa shape index (κ1) is 15.0. The molecule has 88 valence electrons. The lowest BCUT2D eigenvalue weighted by Crippen LogP contribution is -1.94. The lowest BCUT2D eigenvalue weighted by Gasteiger charge is -1.97. The molecule has 0 aliphatic rings. The molecule has 0 atom stereocenters. The minimum Gasteiger partial charge on any atom is -0.384 e. The van der Waals surface area contributed by atoms with Crippen LogP contribution in [0.4, 0.5) is 5.69 Å². The third-order valence-electron chi connectivity index (χ3n) is 1.85. The first-order chi connectivity index (χ1) is 6.81. The van der Waals surface area contributed by atoms with Crippen LogP contribution in [-0.4, -0.2) is 21.8 Å². The summed E-state index contributed by atoms with van der Waals surface area (Å²) in [7, 11) is 1.80. The number of pyridine rings is 1. The molecule has 0 aromatic carbocycles. The van der Waals surface area contributed by atoms with Crippen LogP contribution in [0.5, 0.6) is 0 Å². The summed E-state index contributed by atoms with van der Waals surface area (Å²) in [5.74, 6) is 0. The van der Waals surface area contributed by atoms with Crippen molar-refractivity contribution in [1.29, 1.82) is 0 Å². The normalized spacial score (nSPS) is 8.88. The number of aromatic nitrogens is 3. The predicted molar refractivity (Wildman–Crippen MR) is 70.4 cm³/mol. The van der Waals surface area contributed by atoms with Crippen LogP contribution in [0.25, 0.3) is 5.69 Å². The molecule has 0 aliphatic heterocycles. The molecule has 0 radical (unpaired) electrons. The third-order valence-corrected chi connectivity index (χ3v) is 2.13. The Balaban J connectivity index is 0.00000112. The van der Waals surface area contributed by atoms with Crippen LogP contribution in [0.1, 0.15) is 0 Å². The first-order valence-electron chi connectivity index (χ1n) is 4.14. The maximum absolute atomic E-state index is 5.88. The maximum atomic E-state index is 5.88. The summed E-state index contributed by atoms with van der Waals surface area (Å²) < 4.78 is 1.68. The highest BCUT2D eigenvalue weighted by atomic mass is 35.5. The van der Waals surface area contributed by atoms with Gasteiger partial charge < -0.3 is 5.32 Å². The van der Waals surface area contributed by atoms with Gasteiger partial charge in [-0.2, -0.15) is 5.10 Å². The van der Waals surface area contributed by atoms with E-state index < -0.39 is 0 Å². The van der Waals surface area contributed by atoms with Crippen LogP contribution >= 0.6 is 36.4 Å². The monoisotopic (exact) mass is 280 g/mol. The zero-order valence-electron chi connectivity index (χ0n) is 8.42. The second kappa shape index (κ2) is 6.58. The molecule has 0 saturated heterocycles. The Bertz CT molecular complexity index is 430. The molecule has 0 amide bonds. The molecule has 2 heterocycles. The fourth-order valence-corrected chi connectivity index (χ4v) is 1.37. The summed E-state index contributed by atoms with van der Waals surface area (Å²) in [6, 6.07) is 3.76. The highest BCUT2D eigenvalue weighted by Crippen LogP contribution is 2.20. The van der Waals surface area contributed by atoms with Gasteiger partial charge in [-0.05, 0) is 12.1 Å². The van der Waals surface area contributed by atoms with Gasteiger partial charge in [0.15, 0.2) is 5.15 Å². The standard InChI is InChI=1S/C9H9ClN4.2ClH/c1-11-8-6-14(13-9(8)10)7-3-2-4-12-5-7;;/h2-6,11H,1H3;2*1H. The number of hydrogen-bond acceptors (Lipinski definition) is 3.